The van der Waals surface area contributed by atoms with Gasteiger partial charge in [-0.3, -0.25) is 4.99 Å². The zero-order chi connectivity index (χ0) is 22.0. The maximum Gasteiger partial charge on any atom is 0.238 e. The number of unbranched alkanes of at least 4 members (excludes halogenated alkanes) is 2. The molecule has 0 fully saturated rings. The molecule has 164 valence electrons. The van der Waals surface area contributed by atoms with E-state index in [1.165, 1.54) is 18.6 Å². The molecular formula is C22H32N4O3S. The predicted molar refractivity (Wildman–Crippen MR) is 121 cm³/mol. The highest BCUT2D eigenvalue weighted by molar-refractivity contribution is 7.89. The summed E-state index contributed by atoms with van der Waals surface area (Å²) in [5, 5.41) is 11.6. The number of rotatable bonds is 10. The number of aliphatic imine (C=N–C) groups is 1. The Labute approximate surface area is 179 Å². The van der Waals surface area contributed by atoms with Crippen molar-refractivity contribution in [2.24, 2.45) is 10.1 Å². The van der Waals surface area contributed by atoms with Crippen LogP contribution in [-0.4, -0.2) is 28.0 Å². The van der Waals surface area contributed by atoms with Crippen LogP contribution < -0.4 is 20.5 Å². The highest BCUT2D eigenvalue weighted by atomic mass is 32.2. The topological polar surface area (TPSA) is 106 Å². The number of sulfonamides is 1. The van der Waals surface area contributed by atoms with Crippen LogP contribution in [0.25, 0.3) is 0 Å². The van der Waals surface area contributed by atoms with Gasteiger partial charge in [0.15, 0.2) is 5.96 Å². The van der Waals surface area contributed by atoms with Crippen LogP contribution >= 0.6 is 0 Å². The van der Waals surface area contributed by atoms with Gasteiger partial charge in [0.05, 0.1) is 11.5 Å². The van der Waals surface area contributed by atoms with Crippen molar-refractivity contribution in [2.45, 2.75) is 51.1 Å². The fourth-order valence-corrected chi connectivity index (χ4v) is 3.37. The van der Waals surface area contributed by atoms with Crippen LogP contribution in [0.2, 0.25) is 0 Å². The zero-order valence-corrected chi connectivity index (χ0v) is 18.8. The molecule has 0 heterocycles. The van der Waals surface area contributed by atoms with E-state index in [9.17, 15) is 8.42 Å². The molecule has 2 aromatic carbocycles. The third kappa shape index (κ3) is 7.68. The van der Waals surface area contributed by atoms with E-state index in [0.717, 1.165) is 35.3 Å². The molecule has 0 atom stereocenters. The molecule has 0 aromatic heterocycles. The molecule has 8 heteroatoms. The van der Waals surface area contributed by atoms with E-state index >= 15 is 0 Å². The highest BCUT2D eigenvalue weighted by Gasteiger charge is 2.08. The molecule has 0 spiro atoms. The van der Waals surface area contributed by atoms with Gasteiger partial charge in [0.2, 0.25) is 10.0 Å². The van der Waals surface area contributed by atoms with Crippen molar-refractivity contribution < 1.29 is 13.2 Å². The Morgan fingerprint density at radius 2 is 1.77 bits per heavy atom. The van der Waals surface area contributed by atoms with Crippen molar-refractivity contribution in [2.75, 3.05) is 13.7 Å². The normalized spacial score (nSPS) is 11.9. The SMILES string of the molecule is CCCCCOc1cc(C)ccc1CNC(=NC)NCc1ccc(S(N)(=O)=O)cc1. The van der Waals surface area contributed by atoms with Crippen molar-refractivity contribution in [3.63, 3.8) is 0 Å². The molecule has 0 aliphatic heterocycles. The fourth-order valence-electron chi connectivity index (χ4n) is 2.86. The smallest absolute Gasteiger partial charge is 0.238 e. The minimum absolute atomic E-state index is 0.0968. The van der Waals surface area contributed by atoms with Crippen LogP contribution in [0.15, 0.2) is 52.4 Å². The quantitative estimate of drug-likeness (QED) is 0.304. The number of aryl methyl sites for hydroxylation is 1. The van der Waals surface area contributed by atoms with E-state index in [1.807, 2.05) is 0 Å². The molecular weight excluding hydrogens is 400 g/mol. The van der Waals surface area contributed by atoms with Gasteiger partial charge in [-0.25, -0.2) is 13.6 Å². The molecule has 0 bridgehead atoms. The summed E-state index contributed by atoms with van der Waals surface area (Å²) in [6.45, 7) is 6.02. The Morgan fingerprint density at radius 1 is 1.07 bits per heavy atom. The molecule has 0 saturated carbocycles. The number of nitrogens with zero attached hydrogens (tertiary/aromatic N) is 1. The van der Waals surface area contributed by atoms with Gasteiger partial charge >= 0.3 is 0 Å². The minimum atomic E-state index is -3.68. The summed E-state index contributed by atoms with van der Waals surface area (Å²) >= 11 is 0. The number of guanidine groups is 1. The summed E-state index contributed by atoms with van der Waals surface area (Å²) in [4.78, 5) is 4.34. The molecule has 4 N–H and O–H groups in total. The number of benzene rings is 2. The van der Waals surface area contributed by atoms with Gasteiger partial charge in [0, 0.05) is 25.7 Å². The average Bonchev–Trinajstić information content (AvgIpc) is 2.72. The highest BCUT2D eigenvalue weighted by Crippen LogP contribution is 2.21. The average molecular weight is 433 g/mol. The molecule has 0 amide bonds. The zero-order valence-electron chi connectivity index (χ0n) is 17.9. The second kappa shape index (κ2) is 11.6. The summed E-state index contributed by atoms with van der Waals surface area (Å²) in [5.74, 6) is 1.54. The van der Waals surface area contributed by atoms with Gasteiger partial charge in [-0.2, -0.15) is 0 Å². The van der Waals surface area contributed by atoms with Crippen LogP contribution in [0.5, 0.6) is 5.75 Å². The molecule has 0 unspecified atom stereocenters. The molecule has 7 nitrogen and oxygen atoms in total. The van der Waals surface area contributed by atoms with E-state index in [-0.39, 0.29) is 4.90 Å². The van der Waals surface area contributed by atoms with Gasteiger partial charge in [-0.15, -0.1) is 0 Å². The van der Waals surface area contributed by atoms with E-state index < -0.39 is 10.0 Å². The van der Waals surface area contributed by atoms with Gasteiger partial charge in [-0.05, 0) is 42.7 Å². The van der Waals surface area contributed by atoms with Gasteiger partial charge in [-0.1, -0.05) is 44.0 Å². The van der Waals surface area contributed by atoms with E-state index in [2.05, 4.69) is 47.7 Å². The number of nitrogens with two attached hydrogens (primary N) is 1. The Hall–Kier alpha value is -2.58. The van der Waals surface area contributed by atoms with Gasteiger partial charge in [0.25, 0.3) is 0 Å². The Bertz CT molecular complexity index is 941. The lowest BCUT2D eigenvalue weighted by Crippen LogP contribution is -2.36. The van der Waals surface area contributed by atoms with Crippen molar-refractivity contribution in [3.8, 4) is 5.75 Å². The van der Waals surface area contributed by atoms with E-state index in [4.69, 9.17) is 9.88 Å². The van der Waals surface area contributed by atoms with Gasteiger partial charge < -0.3 is 15.4 Å². The monoisotopic (exact) mass is 432 g/mol. The first-order valence-corrected chi connectivity index (χ1v) is 11.7. The van der Waals surface area contributed by atoms with Crippen LogP contribution in [-0.2, 0) is 23.1 Å². The first kappa shape index (κ1) is 23.7. The fraction of sp³-hybridized carbons (Fsp3) is 0.409. The molecule has 0 aliphatic rings. The largest absolute Gasteiger partial charge is 0.493 e. The summed E-state index contributed by atoms with van der Waals surface area (Å²) in [6, 6.07) is 12.6. The predicted octanol–water partition coefficient (Wildman–Crippen LogP) is 3.08. The Morgan fingerprint density at radius 3 is 2.40 bits per heavy atom. The van der Waals surface area contributed by atoms with Crippen LogP contribution in [0.4, 0.5) is 0 Å². The molecule has 0 saturated heterocycles. The van der Waals surface area contributed by atoms with E-state index in [0.29, 0.717) is 25.7 Å². The number of nitrogens with one attached hydrogen (secondary N) is 2. The summed E-state index contributed by atoms with van der Waals surface area (Å²) in [6.07, 6.45) is 3.37. The van der Waals surface area contributed by atoms with Crippen molar-refractivity contribution in [3.05, 3.63) is 59.2 Å². The standard InChI is InChI=1S/C22H32N4O3S/c1-4-5-6-13-29-21-14-17(2)7-10-19(21)16-26-22(24-3)25-15-18-8-11-20(12-9-18)30(23,27)28/h7-12,14H,4-6,13,15-16H2,1-3H3,(H2,23,27,28)(H2,24,25,26). The molecule has 0 radical (unpaired) electrons. The second-order valence-corrected chi connectivity index (χ2v) is 8.70. The second-order valence-electron chi connectivity index (χ2n) is 7.14. The maximum absolute atomic E-state index is 11.3. The summed E-state index contributed by atoms with van der Waals surface area (Å²) in [5.41, 5.74) is 3.15. The first-order valence-electron chi connectivity index (χ1n) is 10.1. The van der Waals surface area contributed by atoms with Crippen LogP contribution in [0, 0.1) is 6.92 Å². The van der Waals surface area contributed by atoms with Gasteiger partial charge in [0.1, 0.15) is 5.75 Å². The third-order valence-electron chi connectivity index (χ3n) is 4.61. The Kier molecular flexibility index (Phi) is 9.14. The Balaban J connectivity index is 1.92. The lowest BCUT2D eigenvalue weighted by molar-refractivity contribution is 0.303. The minimum Gasteiger partial charge on any atom is -0.493 e. The first-order chi connectivity index (χ1) is 14.3. The molecule has 2 rings (SSSR count). The third-order valence-corrected chi connectivity index (χ3v) is 5.54. The number of hydrogen-bond donors (Lipinski definition) is 3. The molecule has 30 heavy (non-hydrogen) atoms. The lowest BCUT2D eigenvalue weighted by atomic mass is 10.1. The number of primary sulfonamides is 1. The van der Waals surface area contributed by atoms with E-state index in [1.54, 1.807) is 19.2 Å². The van der Waals surface area contributed by atoms with Crippen molar-refractivity contribution in [1.82, 2.24) is 10.6 Å². The van der Waals surface area contributed by atoms with Crippen LogP contribution in [0.3, 0.4) is 0 Å². The van der Waals surface area contributed by atoms with Crippen molar-refractivity contribution in [1.29, 1.82) is 0 Å². The van der Waals surface area contributed by atoms with Crippen LogP contribution in [0.1, 0.15) is 42.9 Å². The summed E-state index contributed by atoms with van der Waals surface area (Å²) in [7, 11) is -1.98. The lowest BCUT2D eigenvalue weighted by Gasteiger charge is -2.15. The maximum atomic E-state index is 11.3. The molecule has 2 aromatic rings. The number of ether oxygens (including phenoxy) is 1. The van der Waals surface area contributed by atoms with Crippen molar-refractivity contribution >= 4 is 16.0 Å². The summed E-state index contributed by atoms with van der Waals surface area (Å²) < 4.78 is 28.7. The number of hydrogen-bond acceptors (Lipinski definition) is 4. The molecule has 0 aliphatic carbocycles.